The lowest BCUT2D eigenvalue weighted by atomic mass is 9.78. The van der Waals surface area contributed by atoms with E-state index in [0.717, 1.165) is 18.4 Å². The zero-order chi connectivity index (χ0) is 15.1. The Morgan fingerprint density at radius 1 is 1.29 bits per heavy atom. The molecule has 1 saturated carbocycles. The van der Waals surface area contributed by atoms with Gasteiger partial charge in [-0.25, -0.2) is 4.39 Å². The molecule has 0 radical (unpaired) electrons. The van der Waals surface area contributed by atoms with Crippen LogP contribution in [0, 0.1) is 11.7 Å². The van der Waals surface area contributed by atoms with Crippen molar-refractivity contribution in [1.82, 2.24) is 0 Å². The number of halogens is 1. The number of hydrogen-bond donors (Lipinski definition) is 0. The Morgan fingerprint density at radius 2 is 2.05 bits per heavy atom. The van der Waals surface area contributed by atoms with E-state index in [4.69, 9.17) is 4.74 Å². The van der Waals surface area contributed by atoms with Crippen molar-refractivity contribution in [1.29, 1.82) is 0 Å². The van der Waals surface area contributed by atoms with Crippen molar-refractivity contribution in [2.45, 2.75) is 45.1 Å². The van der Waals surface area contributed by atoms with Gasteiger partial charge in [-0.2, -0.15) is 0 Å². The van der Waals surface area contributed by atoms with Crippen LogP contribution in [-0.4, -0.2) is 6.61 Å². The van der Waals surface area contributed by atoms with Crippen molar-refractivity contribution in [3.8, 4) is 0 Å². The molecule has 0 amide bonds. The van der Waals surface area contributed by atoms with Gasteiger partial charge in [-0.3, -0.25) is 0 Å². The zero-order valence-corrected chi connectivity index (χ0v) is 12.9. The molecule has 0 aromatic heterocycles. The van der Waals surface area contributed by atoms with Gasteiger partial charge >= 0.3 is 0 Å². The van der Waals surface area contributed by atoms with Gasteiger partial charge in [0.25, 0.3) is 0 Å². The minimum Gasteiger partial charge on any atom is -0.373 e. The topological polar surface area (TPSA) is 9.23 Å². The van der Waals surface area contributed by atoms with E-state index >= 15 is 0 Å². The molecule has 1 aromatic carbocycles. The lowest BCUT2D eigenvalue weighted by molar-refractivity contribution is 0.146. The summed E-state index contributed by atoms with van der Waals surface area (Å²) in [6.45, 7) is 6.68. The lowest BCUT2D eigenvalue weighted by Gasteiger charge is -2.27. The normalized spacial score (nSPS) is 22.6. The van der Waals surface area contributed by atoms with Crippen molar-refractivity contribution >= 4 is 0 Å². The van der Waals surface area contributed by atoms with Gasteiger partial charge in [-0.15, -0.1) is 6.58 Å². The largest absolute Gasteiger partial charge is 0.373 e. The van der Waals surface area contributed by atoms with Crippen LogP contribution in [0.3, 0.4) is 0 Å². The van der Waals surface area contributed by atoms with Crippen LogP contribution >= 0.6 is 0 Å². The van der Waals surface area contributed by atoms with Gasteiger partial charge in [0.05, 0.1) is 13.2 Å². The third-order valence-corrected chi connectivity index (χ3v) is 4.36. The van der Waals surface area contributed by atoms with Gasteiger partial charge in [0, 0.05) is 5.56 Å². The highest BCUT2D eigenvalue weighted by atomic mass is 19.1. The summed E-state index contributed by atoms with van der Waals surface area (Å²) in [7, 11) is 0. The minimum atomic E-state index is -0.140. The smallest absolute Gasteiger partial charge is 0.129 e. The fraction of sp³-hybridized carbons (Fsp3) is 0.474. The highest BCUT2D eigenvalue weighted by Crippen LogP contribution is 2.36. The van der Waals surface area contributed by atoms with Crippen LogP contribution in [0.1, 0.15) is 49.7 Å². The second-order valence-corrected chi connectivity index (χ2v) is 5.78. The Labute approximate surface area is 127 Å². The van der Waals surface area contributed by atoms with E-state index in [9.17, 15) is 4.39 Å². The molecule has 0 atom stereocenters. The van der Waals surface area contributed by atoms with Gasteiger partial charge in [0.1, 0.15) is 5.82 Å². The molecule has 2 rings (SSSR count). The summed E-state index contributed by atoms with van der Waals surface area (Å²) >= 11 is 0. The highest BCUT2D eigenvalue weighted by Gasteiger charge is 2.21. The average molecular weight is 288 g/mol. The standard InChI is InChI=1S/C19H25FO/c1-3-5-12-21-14-18-11-10-17(13-19(18)20)16-8-6-15(4-2)7-9-16/h3-5,10-11,13,15-16H,2,6-9,12,14H2,1H3/b5-3+. The quantitative estimate of drug-likeness (QED) is 0.504. The highest BCUT2D eigenvalue weighted by molar-refractivity contribution is 5.27. The van der Waals surface area contributed by atoms with Crippen LogP contribution < -0.4 is 0 Å². The molecule has 0 heterocycles. The van der Waals surface area contributed by atoms with E-state index in [1.54, 1.807) is 6.07 Å². The van der Waals surface area contributed by atoms with Crippen LogP contribution in [0.15, 0.2) is 43.0 Å². The van der Waals surface area contributed by atoms with Crippen molar-refractivity contribution in [2.24, 2.45) is 5.92 Å². The number of ether oxygens (including phenoxy) is 1. The summed E-state index contributed by atoms with van der Waals surface area (Å²) in [6.07, 6.45) is 10.5. The summed E-state index contributed by atoms with van der Waals surface area (Å²) in [5.74, 6) is 0.998. The molecule has 0 saturated heterocycles. The maximum absolute atomic E-state index is 14.1. The fourth-order valence-corrected chi connectivity index (χ4v) is 2.96. The minimum absolute atomic E-state index is 0.140. The molecule has 1 fully saturated rings. The Bertz CT molecular complexity index is 484. The number of allylic oxidation sites excluding steroid dienone is 2. The first kappa shape index (κ1) is 16.0. The van der Waals surface area contributed by atoms with E-state index in [-0.39, 0.29) is 5.82 Å². The summed E-state index contributed by atoms with van der Waals surface area (Å²) in [5.41, 5.74) is 1.77. The van der Waals surface area contributed by atoms with Crippen LogP contribution in [0.5, 0.6) is 0 Å². The average Bonchev–Trinajstić information content (AvgIpc) is 2.53. The fourth-order valence-electron chi connectivity index (χ4n) is 2.96. The second-order valence-electron chi connectivity index (χ2n) is 5.78. The van der Waals surface area contributed by atoms with Crippen molar-refractivity contribution < 1.29 is 9.13 Å². The van der Waals surface area contributed by atoms with Crippen molar-refractivity contribution in [3.63, 3.8) is 0 Å². The molecule has 0 aliphatic heterocycles. The molecule has 0 spiro atoms. The van der Waals surface area contributed by atoms with Gasteiger partial charge in [-0.1, -0.05) is 30.4 Å². The summed E-state index contributed by atoms with van der Waals surface area (Å²) in [6, 6.07) is 5.64. The Balaban J connectivity index is 1.94. The third kappa shape index (κ3) is 4.53. The lowest BCUT2D eigenvalue weighted by Crippen LogP contribution is -2.12. The monoisotopic (exact) mass is 288 g/mol. The Hall–Kier alpha value is -1.41. The number of rotatable bonds is 6. The van der Waals surface area contributed by atoms with Gasteiger partial charge < -0.3 is 4.74 Å². The van der Waals surface area contributed by atoms with Crippen LogP contribution in [0.2, 0.25) is 0 Å². The molecule has 2 heteroatoms. The second kappa shape index (κ2) is 8.14. The van der Waals surface area contributed by atoms with Crippen molar-refractivity contribution in [3.05, 3.63) is 60.0 Å². The van der Waals surface area contributed by atoms with Crippen LogP contribution in [-0.2, 0) is 11.3 Å². The SMILES string of the molecule is C=CC1CCC(c2ccc(COC/C=C/C)c(F)c2)CC1. The predicted molar refractivity (Wildman–Crippen MR) is 85.8 cm³/mol. The van der Waals surface area contributed by atoms with Crippen LogP contribution in [0.25, 0.3) is 0 Å². The molecule has 114 valence electrons. The molecule has 1 aromatic rings. The molecule has 1 aliphatic carbocycles. The van der Waals surface area contributed by atoms with Gasteiger partial charge in [0.2, 0.25) is 0 Å². The molecule has 0 N–H and O–H groups in total. The molecule has 0 bridgehead atoms. The number of hydrogen-bond acceptors (Lipinski definition) is 1. The van der Waals surface area contributed by atoms with E-state index in [1.165, 1.54) is 12.8 Å². The Morgan fingerprint density at radius 3 is 2.67 bits per heavy atom. The maximum atomic E-state index is 14.1. The first-order chi connectivity index (χ1) is 10.2. The van der Waals surface area contributed by atoms with E-state index in [2.05, 4.69) is 18.7 Å². The zero-order valence-electron chi connectivity index (χ0n) is 12.9. The molecule has 0 unspecified atom stereocenters. The first-order valence-electron chi connectivity index (χ1n) is 7.84. The maximum Gasteiger partial charge on any atom is 0.129 e. The summed E-state index contributed by atoms with van der Waals surface area (Å²) in [5, 5.41) is 0. The van der Waals surface area contributed by atoms with E-state index in [0.29, 0.717) is 30.6 Å². The molecule has 21 heavy (non-hydrogen) atoms. The molecular formula is C19H25FO. The van der Waals surface area contributed by atoms with Gasteiger partial charge in [0.15, 0.2) is 0 Å². The van der Waals surface area contributed by atoms with E-state index < -0.39 is 0 Å². The van der Waals surface area contributed by atoms with Crippen LogP contribution in [0.4, 0.5) is 4.39 Å². The Kier molecular flexibility index (Phi) is 6.19. The number of benzene rings is 1. The van der Waals surface area contributed by atoms with Crippen molar-refractivity contribution in [2.75, 3.05) is 6.61 Å². The first-order valence-corrected chi connectivity index (χ1v) is 7.84. The third-order valence-electron chi connectivity index (χ3n) is 4.36. The van der Waals surface area contributed by atoms with E-state index in [1.807, 2.05) is 25.1 Å². The summed E-state index contributed by atoms with van der Waals surface area (Å²) in [4.78, 5) is 0. The predicted octanol–water partition coefficient (Wildman–Crippen LogP) is 5.38. The molecule has 1 nitrogen and oxygen atoms in total. The molecule has 1 aliphatic rings. The molecular weight excluding hydrogens is 263 g/mol. The summed E-state index contributed by atoms with van der Waals surface area (Å²) < 4.78 is 19.6. The van der Waals surface area contributed by atoms with Gasteiger partial charge in [-0.05, 0) is 56.1 Å².